The van der Waals surface area contributed by atoms with E-state index in [1.165, 1.54) is 128 Å². The van der Waals surface area contributed by atoms with E-state index in [1.54, 1.807) is 0 Å². The van der Waals surface area contributed by atoms with Gasteiger partial charge in [0.25, 0.3) is 0 Å². The number of ether oxygens (including phenoxy) is 3. The van der Waals surface area contributed by atoms with Crippen molar-refractivity contribution in [2.45, 2.75) is 264 Å². The van der Waals surface area contributed by atoms with Gasteiger partial charge in [0.15, 0.2) is 6.10 Å². The molecule has 1 atom stereocenters. The smallest absolute Gasteiger partial charge is 0.306 e. The van der Waals surface area contributed by atoms with Crippen molar-refractivity contribution in [2.75, 3.05) is 13.2 Å². The molecular formula is C56H98O6. The van der Waals surface area contributed by atoms with Crippen molar-refractivity contribution in [1.82, 2.24) is 0 Å². The average molecular weight is 867 g/mol. The summed E-state index contributed by atoms with van der Waals surface area (Å²) in [7, 11) is 0. The third kappa shape index (κ3) is 48.1. The molecule has 0 N–H and O–H groups in total. The summed E-state index contributed by atoms with van der Waals surface area (Å²) in [6.07, 6.45) is 62.3. The lowest BCUT2D eigenvalue weighted by Gasteiger charge is -2.18. The van der Waals surface area contributed by atoms with Crippen LogP contribution in [0.5, 0.6) is 0 Å². The number of allylic oxidation sites excluding steroid dienone is 10. The van der Waals surface area contributed by atoms with Crippen LogP contribution in [0.1, 0.15) is 258 Å². The molecule has 0 aromatic carbocycles. The molecule has 0 amide bonds. The van der Waals surface area contributed by atoms with Gasteiger partial charge in [-0.05, 0) is 89.9 Å². The molecule has 6 nitrogen and oxygen atoms in total. The van der Waals surface area contributed by atoms with Crippen LogP contribution in [-0.4, -0.2) is 37.2 Å². The van der Waals surface area contributed by atoms with Gasteiger partial charge in [-0.2, -0.15) is 0 Å². The molecule has 0 heterocycles. The summed E-state index contributed by atoms with van der Waals surface area (Å²) in [5.74, 6) is -0.909. The first-order chi connectivity index (χ1) is 30.5. The summed E-state index contributed by atoms with van der Waals surface area (Å²) in [5, 5.41) is 0. The van der Waals surface area contributed by atoms with E-state index in [0.717, 1.165) is 89.9 Å². The highest BCUT2D eigenvalue weighted by Gasteiger charge is 2.19. The molecule has 62 heavy (non-hydrogen) atoms. The standard InChI is InChI=1S/C56H98O6/c1-4-7-10-13-16-18-20-22-24-26-27-28-29-31-32-34-36-38-40-43-46-49-55(58)61-52-53(51-60-54(57)48-45-42-15-12-9-6-3)62-56(59)50-47-44-41-39-37-35-33-30-25-23-21-19-17-14-11-8-5-2/h17,19-20,22-23,25-27,29,31,53H,4-16,18,21,24,28,30,32-52H2,1-3H3/b19-17-,22-20-,25-23-,27-26-,31-29-. The van der Waals surface area contributed by atoms with Crippen molar-refractivity contribution in [3.63, 3.8) is 0 Å². The number of carbonyl (C=O) groups is 3. The highest BCUT2D eigenvalue weighted by Crippen LogP contribution is 2.14. The second-order valence-electron chi connectivity index (χ2n) is 17.4. The quantitative estimate of drug-likeness (QED) is 0.0262. The maximum atomic E-state index is 12.8. The molecule has 0 bridgehead atoms. The van der Waals surface area contributed by atoms with E-state index in [-0.39, 0.29) is 31.1 Å². The van der Waals surface area contributed by atoms with Crippen LogP contribution in [-0.2, 0) is 28.6 Å². The van der Waals surface area contributed by atoms with E-state index < -0.39 is 6.10 Å². The van der Waals surface area contributed by atoms with Crippen molar-refractivity contribution in [3.8, 4) is 0 Å². The zero-order valence-corrected chi connectivity index (χ0v) is 40.9. The summed E-state index contributed by atoms with van der Waals surface area (Å²) in [4.78, 5) is 37.8. The van der Waals surface area contributed by atoms with Crippen LogP contribution in [0.15, 0.2) is 60.8 Å². The third-order valence-corrected chi connectivity index (χ3v) is 11.2. The Hall–Kier alpha value is -2.89. The molecule has 0 aromatic heterocycles. The lowest BCUT2D eigenvalue weighted by atomic mass is 10.1. The monoisotopic (exact) mass is 867 g/mol. The van der Waals surface area contributed by atoms with Gasteiger partial charge in [0, 0.05) is 19.3 Å². The molecule has 6 heteroatoms. The van der Waals surface area contributed by atoms with Gasteiger partial charge >= 0.3 is 17.9 Å². The van der Waals surface area contributed by atoms with Crippen LogP contribution in [0.3, 0.4) is 0 Å². The van der Waals surface area contributed by atoms with Crippen LogP contribution < -0.4 is 0 Å². The molecule has 0 rings (SSSR count). The predicted octanol–water partition coefficient (Wildman–Crippen LogP) is 17.3. The number of rotatable bonds is 47. The molecule has 358 valence electrons. The first kappa shape index (κ1) is 59.1. The topological polar surface area (TPSA) is 78.9 Å². The van der Waals surface area contributed by atoms with Crippen LogP contribution in [0.4, 0.5) is 0 Å². The van der Waals surface area contributed by atoms with Crippen LogP contribution in [0.25, 0.3) is 0 Å². The number of hydrogen-bond acceptors (Lipinski definition) is 6. The molecule has 0 spiro atoms. The fourth-order valence-electron chi connectivity index (χ4n) is 7.24. The van der Waals surface area contributed by atoms with E-state index in [9.17, 15) is 14.4 Å². The van der Waals surface area contributed by atoms with Crippen LogP contribution >= 0.6 is 0 Å². The van der Waals surface area contributed by atoms with Crippen LogP contribution in [0.2, 0.25) is 0 Å². The summed E-state index contributed by atoms with van der Waals surface area (Å²) < 4.78 is 16.7. The lowest BCUT2D eigenvalue weighted by molar-refractivity contribution is -0.167. The number of unbranched alkanes of at least 4 members (excludes halogenated alkanes) is 26. The molecule has 0 radical (unpaired) electrons. The minimum Gasteiger partial charge on any atom is -0.462 e. The largest absolute Gasteiger partial charge is 0.462 e. The van der Waals surface area contributed by atoms with E-state index in [4.69, 9.17) is 14.2 Å². The highest BCUT2D eigenvalue weighted by molar-refractivity contribution is 5.71. The zero-order chi connectivity index (χ0) is 45.1. The van der Waals surface area contributed by atoms with Crippen molar-refractivity contribution in [2.24, 2.45) is 0 Å². The lowest BCUT2D eigenvalue weighted by Crippen LogP contribution is -2.30. The van der Waals surface area contributed by atoms with Crippen molar-refractivity contribution in [1.29, 1.82) is 0 Å². The van der Waals surface area contributed by atoms with Crippen molar-refractivity contribution >= 4 is 17.9 Å². The van der Waals surface area contributed by atoms with Gasteiger partial charge in [0.1, 0.15) is 13.2 Å². The second-order valence-corrected chi connectivity index (χ2v) is 17.4. The summed E-state index contributed by atoms with van der Waals surface area (Å²) in [6, 6.07) is 0. The second kappa shape index (κ2) is 50.8. The van der Waals surface area contributed by atoms with Gasteiger partial charge in [-0.1, -0.05) is 210 Å². The maximum absolute atomic E-state index is 12.8. The van der Waals surface area contributed by atoms with Gasteiger partial charge in [-0.15, -0.1) is 0 Å². The Bertz CT molecular complexity index is 1130. The first-order valence-electron chi connectivity index (χ1n) is 26.3. The molecule has 0 fully saturated rings. The van der Waals surface area contributed by atoms with E-state index in [0.29, 0.717) is 19.3 Å². The fraction of sp³-hybridized carbons (Fsp3) is 0.768. The van der Waals surface area contributed by atoms with Gasteiger partial charge in [0.05, 0.1) is 0 Å². The Labute approximate surface area is 383 Å². The highest BCUT2D eigenvalue weighted by atomic mass is 16.6. The Morgan fingerprint density at radius 1 is 0.323 bits per heavy atom. The maximum Gasteiger partial charge on any atom is 0.306 e. The van der Waals surface area contributed by atoms with Gasteiger partial charge < -0.3 is 14.2 Å². The van der Waals surface area contributed by atoms with E-state index in [2.05, 4.69) is 81.5 Å². The normalized spacial score (nSPS) is 12.5. The molecular weight excluding hydrogens is 769 g/mol. The average Bonchev–Trinajstić information content (AvgIpc) is 3.27. The molecule has 0 aliphatic carbocycles. The Kier molecular flexibility index (Phi) is 48.4. The number of carbonyl (C=O) groups excluding carboxylic acids is 3. The molecule has 0 aliphatic rings. The van der Waals surface area contributed by atoms with Gasteiger partial charge in [-0.3, -0.25) is 14.4 Å². The summed E-state index contributed by atoms with van der Waals surface area (Å²) in [6.45, 7) is 6.53. The van der Waals surface area contributed by atoms with Gasteiger partial charge in [0.2, 0.25) is 0 Å². The molecule has 0 saturated carbocycles. The SMILES string of the molecule is CCCCC/C=C\C/C=C\CCCCCCCCCC(=O)OC(COC(=O)CCCCCCCC)COC(=O)CCCCCCCC/C=C\C/C=C\C/C=C\CCCCCCC. The zero-order valence-electron chi connectivity index (χ0n) is 40.9. The summed E-state index contributed by atoms with van der Waals surface area (Å²) in [5.41, 5.74) is 0. The van der Waals surface area contributed by atoms with Crippen molar-refractivity contribution < 1.29 is 28.6 Å². The number of hydrogen-bond donors (Lipinski definition) is 0. The molecule has 0 aromatic rings. The van der Waals surface area contributed by atoms with E-state index in [1.807, 2.05) is 0 Å². The third-order valence-electron chi connectivity index (χ3n) is 11.2. The predicted molar refractivity (Wildman–Crippen MR) is 265 cm³/mol. The number of esters is 3. The van der Waals surface area contributed by atoms with Crippen LogP contribution in [0, 0.1) is 0 Å². The Morgan fingerprint density at radius 2 is 0.581 bits per heavy atom. The Morgan fingerprint density at radius 3 is 0.935 bits per heavy atom. The van der Waals surface area contributed by atoms with Gasteiger partial charge in [-0.25, -0.2) is 0 Å². The van der Waals surface area contributed by atoms with E-state index >= 15 is 0 Å². The minimum atomic E-state index is -0.780. The Balaban J connectivity index is 4.24. The first-order valence-corrected chi connectivity index (χ1v) is 26.3. The molecule has 1 unspecified atom stereocenters. The molecule has 0 saturated heterocycles. The summed E-state index contributed by atoms with van der Waals surface area (Å²) >= 11 is 0. The molecule has 0 aliphatic heterocycles. The van der Waals surface area contributed by atoms with Crippen molar-refractivity contribution in [3.05, 3.63) is 60.8 Å². The minimum absolute atomic E-state index is 0.0819. The fourth-order valence-corrected chi connectivity index (χ4v) is 7.24.